The third-order valence-corrected chi connectivity index (χ3v) is 4.24. The first-order valence-electron chi connectivity index (χ1n) is 7.42. The maximum absolute atomic E-state index is 12.0. The van der Waals surface area contributed by atoms with Gasteiger partial charge in [-0.05, 0) is 30.8 Å². The van der Waals surface area contributed by atoms with Crippen LogP contribution >= 0.6 is 58.6 Å². The lowest BCUT2D eigenvalue weighted by Crippen LogP contribution is -2.56. The number of carbonyl (C=O) groups is 1. The Morgan fingerprint density at radius 1 is 1.21 bits per heavy atom. The van der Waals surface area contributed by atoms with Gasteiger partial charge in [-0.15, -0.1) is 0 Å². The number of para-hydroxylation sites is 1. The Morgan fingerprint density at radius 3 is 2.46 bits per heavy atom. The molecule has 0 aliphatic rings. The molecule has 0 aromatic heterocycles. The van der Waals surface area contributed by atoms with Crippen LogP contribution in [0.1, 0.15) is 32.6 Å². The highest BCUT2D eigenvalue weighted by atomic mass is 35.6. The van der Waals surface area contributed by atoms with Gasteiger partial charge in [0.05, 0.1) is 10.7 Å². The van der Waals surface area contributed by atoms with E-state index in [4.69, 9.17) is 58.6 Å². The zero-order valence-corrected chi connectivity index (χ0v) is 16.9. The van der Waals surface area contributed by atoms with Gasteiger partial charge >= 0.3 is 0 Å². The Hall–Kier alpha value is -0.460. The van der Waals surface area contributed by atoms with Crippen molar-refractivity contribution in [1.82, 2.24) is 10.6 Å². The minimum atomic E-state index is -1.77. The van der Waals surface area contributed by atoms with Crippen molar-refractivity contribution in [3.05, 3.63) is 29.3 Å². The predicted molar refractivity (Wildman–Crippen MR) is 107 cm³/mol. The van der Waals surface area contributed by atoms with Gasteiger partial charge in [0.15, 0.2) is 5.11 Å². The molecule has 3 N–H and O–H groups in total. The third kappa shape index (κ3) is 8.08. The Bertz CT molecular complexity index is 566. The number of thiocarbonyl (C=S) groups is 1. The van der Waals surface area contributed by atoms with Crippen LogP contribution in [0.2, 0.25) is 5.02 Å². The summed E-state index contributed by atoms with van der Waals surface area (Å²) in [5.41, 5.74) is 0.606. The summed E-state index contributed by atoms with van der Waals surface area (Å²) in [6.45, 7) is 2.06. The summed E-state index contributed by atoms with van der Waals surface area (Å²) >= 11 is 29.0. The van der Waals surface area contributed by atoms with Crippen molar-refractivity contribution >= 4 is 75.3 Å². The summed E-state index contributed by atoms with van der Waals surface area (Å²) in [5, 5.41) is 9.00. The molecule has 0 saturated heterocycles. The molecule has 1 atom stereocenters. The van der Waals surface area contributed by atoms with E-state index in [1.807, 2.05) is 0 Å². The smallest absolute Gasteiger partial charge is 0.228 e. The number of unbranched alkanes of at least 4 members (excludes halogenated alkanes) is 2. The molecule has 134 valence electrons. The van der Waals surface area contributed by atoms with Gasteiger partial charge in [0.1, 0.15) is 6.17 Å². The molecule has 0 radical (unpaired) electrons. The minimum Gasteiger partial charge on any atom is -0.339 e. The van der Waals surface area contributed by atoms with E-state index in [1.54, 1.807) is 24.3 Å². The summed E-state index contributed by atoms with van der Waals surface area (Å²) in [6, 6.07) is 7.07. The maximum atomic E-state index is 12.0. The number of amides is 1. The van der Waals surface area contributed by atoms with Crippen LogP contribution in [-0.2, 0) is 4.79 Å². The van der Waals surface area contributed by atoms with Crippen LogP contribution < -0.4 is 16.0 Å². The molecule has 0 spiro atoms. The largest absolute Gasteiger partial charge is 0.339 e. The van der Waals surface area contributed by atoms with Crippen molar-refractivity contribution in [3.8, 4) is 0 Å². The number of hydrogen-bond donors (Lipinski definition) is 3. The fourth-order valence-corrected chi connectivity index (χ4v) is 2.56. The standard InChI is InChI=1S/C15H19Cl4N3OS/c1-2-3-4-9-12(23)21-13(15(17,18)19)22-14(24)20-11-8-6-5-7-10(11)16/h5-8,13H,2-4,9H2,1H3,(H,21,23)(H2,20,22,24). The first-order chi connectivity index (χ1) is 11.2. The molecule has 0 saturated carbocycles. The highest BCUT2D eigenvalue weighted by Crippen LogP contribution is 2.29. The SMILES string of the molecule is CCCCCC(=O)NC(NC(=S)Nc1ccccc1Cl)C(Cl)(Cl)Cl. The molecule has 9 heteroatoms. The van der Waals surface area contributed by atoms with Gasteiger partial charge in [0.2, 0.25) is 9.70 Å². The van der Waals surface area contributed by atoms with Crippen LogP contribution in [0.25, 0.3) is 0 Å². The van der Waals surface area contributed by atoms with E-state index in [1.165, 1.54) is 0 Å². The summed E-state index contributed by atoms with van der Waals surface area (Å²) in [4.78, 5) is 12.0. The van der Waals surface area contributed by atoms with Gasteiger partial charge in [-0.1, -0.05) is 78.3 Å². The zero-order valence-electron chi connectivity index (χ0n) is 13.0. The predicted octanol–water partition coefficient (Wildman–Crippen LogP) is 5.02. The second kappa shape index (κ2) is 10.5. The molecule has 1 rings (SSSR count). The van der Waals surface area contributed by atoms with Gasteiger partial charge < -0.3 is 16.0 Å². The van der Waals surface area contributed by atoms with Crippen molar-refractivity contribution < 1.29 is 4.79 Å². The number of hydrogen-bond acceptors (Lipinski definition) is 2. The van der Waals surface area contributed by atoms with Crippen LogP contribution in [-0.4, -0.2) is 21.0 Å². The van der Waals surface area contributed by atoms with Crippen molar-refractivity contribution in [3.63, 3.8) is 0 Å². The normalized spacial score (nSPS) is 12.4. The molecule has 1 aromatic rings. The van der Waals surface area contributed by atoms with Crippen molar-refractivity contribution in [2.24, 2.45) is 0 Å². The summed E-state index contributed by atoms with van der Waals surface area (Å²) in [5.74, 6) is -0.215. The van der Waals surface area contributed by atoms with Gasteiger partial charge in [-0.2, -0.15) is 0 Å². The molecule has 0 aliphatic heterocycles. The van der Waals surface area contributed by atoms with Crippen LogP contribution in [0.3, 0.4) is 0 Å². The van der Waals surface area contributed by atoms with E-state index in [0.29, 0.717) is 17.1 Å². The molecule has 24 heavy (non-hydrogen) atoms. The minimum absolute atomic E-state index is 0.174. The lowest BCUT2D eigenvalue weighted by Gasteiger charge is -2.28. The monoisotopic (exact) mass is 429 g/mol. The maximum Gasteiger partial charge on any atom is 0.228 e. The first-order valence-corrected chi connectivity index (χ1v) is 9.34. The average Bonchev–Trinajstić information content (AvgIpc) is 2.48. The number of rotatable bonds is 7. The van der Waals surface area contributed by atoms with Gasteiger partial charge in [-0.25, -0.2) is 0 Å². The van der Waals surface area contributed by atoms with Crippen LogP contribution in [0.15, 0.2) is 24.3 Å². The summed E-state index contributed by atoms with van der Waals surface area (Å²) < 4.78 is -1.77. The fraction of sp³-hybridized carbons (Fsp3) is 0.467. The number of nitrogens with one attached hydrogen (secondary N) is 3. The molecular weight excluding hydrogens is 412 g/mol. The summed E-state index contributed by atoms with van der Waals surface area (Å²) in [6.07, 6.45) is 2.14. The highest BCUT2D eigenvalue weighted by molar-refractivity contribution is 7.80. The van der Waals surface area contributed by atoms with E-state index in [9.17, 15) is 4.79 Å². The second-order valence-corrected chi connectivity index (χ2v) is 8.26. The number of alkyl halides is 3. The Balaban J connectivity index is 2.64. The molecular formula is C15H19Cl4N3OS. The number of halogens is 4. The summed E-state index contributed by atoms with van der Waals surface area (Å²) in [7, 11) is 0. The van der Waals surface area contributed by atoms with E-state index >= 15 is 0 Å². The zero-order chi connectivity index (χ0) is 18.2. The lowest BCUT2D eigenvalue weighted by atomic mass is 10.2. The quantitative estimate of drug-likeness (QED) is 0.246. The van der Waals surface area contributed by atoms with E-state index in [0.717, 1.165) is 19.3 Å². The van der Waals surface area contributed by atoms with E-state index < -0.39 is 9.96 Å². The molecule has 1 aromatic carbocycles. The molecule has 1 amide bonds. The van der Waals surface area contributed by atoms with Gasteiger partial charge in [0.25, 0.3) is 0 Å². The Kier molecular flexibility index (Phi) is 9.45. The molecule has 0 aliphatic carbocycles. The van der Waals surface area contributed by atoms with Crippen molar-refractivity contribution in [2.75, 3.05) is 5.32 Å². The number of benzene rings is 1. The number of anilines is 1. The average molecular weight is 431 g/mol. The molecule has 0 heterocycles. The highest BCUT2D eigenvalue weighted by Gasteiger charge is 2.34. The molecule has 1 unspecified atom stereocenters. The Labute approximate surface area is 167 Å². The Morgan fingerprint density at radius 2 is 1.88 bits per heavy atom. The van der Waals surface area contributed by atoms with Crippen molar-refractivity contribution in [2.45, 2.75) is 42.6 Å². The fourth-order valence-electron chi connectivity index (χ4n) is 1.82. The molecule has 4 nitrogen and oxygen atoms in total. The van der Waals surface area contributed by atoms with Crippen LogP contribution in [0.5, 0.6) is 0 Å². The van der Waals surface area contributed by atoms with Gasteiger partial charge in [0, 0.05) is 6.42 Å². The lowest BCUT2D eigenvalue weighted by molar-refractivity contribution is -0.122. The number of carbonyl (C=O) groups excluding carboxylic acids is 1. The second-order valence-electron chi connectivity index (χ2n) is 5.08. The van der Waals surface area contributed by atoms with Crippen molar-refractivity contribution in [1.29, 1.82) is 0 Å². The van der Waals surface area contributed by atoms with Crippen LogP contribution in [0, 0.1) is 0 Å². The van der Waals surface area contributed by atoms with Crippen LogP contribution in [0.4, 0.5) is 5.69 Å². The topological polar surface area (TPSA) is 53.2 Å². The third-order valence-electron chi connectivity index (χ3n) is 3.04. The first kappa shape index (κ1) is 21.6. The molecule has 0 fully saturated rings. The van der Waals surface area contributed by atoms with E-state index in [2.05, 4.69) is 22.9 Å². The van der Waals surface area contributed by atoms with Gasteiger partial charge in [-0.3, -0.25) is 4.79 Å². The molecule has 0 bridgehead atoms. The van der Waals surface area contributed by atoms with E-state index in [-0.39, 0.29) is 11.0 Å².